The summed E-state index contributed by atoms with van der Waals surface area (Å²) in [5.74, 6) is -1.14. The smallest absolute Gasteiger partial charge is 0.379 e. The lowest BCUT2D eigenvalue weighted by Gasteiger charge is -2.49. The van der Waals surface area contributed by atoms with Crippen molar-refractivity contribution in [3.8, 4) is 0 Å². The van der Waals surface area contributed by atoms with Crippen LogP contribution in [0.3, 0.4) is 0 Å². The maximum absolute atomic E-state index is 12.7. The lowest BCUT2D eigenvalue weighted by molar-refractivity contribution is -0.189. The molecule has 0 unspecified atom stereocenters. The molecule has 0 amide bonds. The van der Waals surface area contributed by atoms with E-state index in [1.165, 1.54) is 0 Å². The summed E-state index contributed by atoms with van der Waals surface area (Å²) in [6.07, 6.45) is -2.54. The van der Waals surface area contributed by atoms with Crippen molar-refractivity contribution in [2.24, 2.45) is 11.7 Å². The van der Waals surface area contributed by atoms with Crippen LogP contribution in [0.25, 0.3) is 0 Å². The summed E-state index contributed by atoms with van der Waals surface area (Å²) >= 11 is 0. The first-order chi connectivity index (χ1) is 8.48. The Morgan fingerprint density at radius 1 is 1.17 bits per heavy atom. The summed E-state index contributed by atoms with van der Waals surface area (Å²) in [6, 6.07) is 0. The van der Waals surface area contributed by atoms with E-state index in [4.69, 9.17) is 10.5 Å². The lowest BCUT2D eigenvalue weighted by Crippen LogP contribution is -2.59. The number of nitrogens with two attached hydrogens (primary N) is 1. The molecule has 1 heterocycles. The zero-order valence-corrected chi connectivity index (χ0v) is 10.5. The van der Waals surface area contributed by atoms with E-state index in [9.17, 15) is 13.2 Å². The predicted octanol–water partition coefficient (Wildman–Crippen LogP) is 1.77. The topological polar surface area (TPSA) is 38.5 Å². The molecule has 106 valence electrons. The second kappa shape index (κ2) is 5.35. The van der Waals surface area contributed by atoms with Crippen molar-refractivity contribution in [3.05, 3.63) is 0 Å². The fourth-order valence-electron chi connectivity index (χ4n) is 3.17. The Morgan fingerprint density at radius 3 is 2.17 bits per heavy atom. The van der Waals surface area contributed by atoms with Gasteiger partial charge in [-0.1, -0.05) is 0 Å². The highest BCUT2D eigenvalue weighted by Gasteiger charge is 2.47. The number of alkyl halides is 3. The standard InChI is InChI=1S/C12H21F3N2O/c13-12(14,15)10-1-3-11(9-16,4-2-10)17-5-7-18-8-6-17/h10H,1-9,16H2. The van der Waals surface area contributed by atoms with Crippen LogP contribution in [0.4, 0.5) is 13.2 Å². The van der Waals surface area contributed by atoms with Crippen LogP contribution in [0.2, 0.25) is 0 Å². The molecule has 1 saturated heterocycles. The van der Waals surface area contributed by atoms with E-state index in [0.717, 1.165) is 13.1 Å². The molecule has 0 aromatic carbocycles. The van der Waals surface area contributed by atoms with Gasteiger partial charge >= 0.3 is 6.18 Å². The molecule has 0 radical (unpaired) electrons. The quantitative estimate of drug-likeness (QED) is 0.828. The molecule has 0 bridgehead atoms. The van der Waals surface area contributed by atoms with E-state index >= 15 is 0 Å². The minimum Gasteiger partial charge on any atom is -0.379 e. The van der Waals surface area contributed by atoms with Crippen LogP contribution in [-0.2, 0) is 4.74 Å². The van der Waals surface area contributed by atoms with Crippen LogP contribution >= 0.6 is 0 Å². The minimum atomic E-state index is -4.05. The molecule has 2 rings (SSSR count). The molecule has 3 nitrogen and oxygen atoms in total. The second-order valence-electron chi connectivity index (χ2n) is 5.34. The van der Waals surface area contributed by atoms with Gasteiger partial charge in [-0.25, -0.2) is 0 Å². The van der Waals surface area contributed by atoms with Gasteiger partial charge < -0.3 is 10.5 Å². The Morgan fingerprint density at radius 2 is 1.72 bits per heavy atom. The molecule has 1 aliphatic carbocycles. The average Bonchev–Trinajstić information content (AvgIpc) is 2.39. The highest BCUT2D eigenvalue weighted by atomic mass is 19.4. The van der Waals surface area contributed by atoms with Gasteiger partial charge in [0.1, 0.15) is 0 Å². The van der Waals surface area contributed by atoms with Crippen LogP contribution < -0.4 is 5.73 Å². The number of rotatable bonds is 2. The second-order valence-corrected chi connectivity index (χ2v) is 5.34. The molecular formula is C12H21F3N2O. The molecule has 1 saturated carbocycles. The van der Waals surface area contributed by atoms with Gasteiger partial charge in [0.15, 0.2) is 0 Å². The number of ether oxygens (including phenoxy) is 1. The summed E-state index contributed by atoms with van der Waals surface area (Å²) in [6.45, 7) is 3.33. The van der Waals surface area contributed by atoms with Gasteiger partial charge in [0.25, 0.3) is 0 Å². The summed E-state index contributed by atoms with van der Waals surface area (Å²) in [5.41, 5.74) is 5.63. The number of nitrogens with zero attached hydrogens (tertiary/aromatic N) is 1. The van der Waals surface area contributed by atoms with E-state index in [0.29, 0.717) is 32.6 Å². The van der Waals surface area contributed by atoms with Crippen LogP contribution in [0.5, 0.6) is 0 Å². The summed E-state index contributed by atoms with van der Waals surface area (Å²) in [5, 5.41) is 0. The first-order valence-corrected chi connectivity index (χ1v) is 6.57. The average molecular weight is 266 g/mol. The van der Waals surface area contributed by atoms with Gasteiger partial charge in [-0.2, -0.15) is 13.2 Å². The summed E-state index contributed by atoms with van der Waals surface area (Å²) < 4.78 is 43.3. The van der Waals surface area contributed by atoms with Gasteiger partial charge in [0, 0.05) is 25.2 Å². The largest absolute Gasteiger partial charge is 0.391 e. The van der Waals surface area contributed by atoms with Gasteiger partial charge in [0.05, 0.1) is 19.1 Å². The van der Waals surface area contributed by atoms with Crippen LogP contribution in [0.1, 0.15) is 25.7 Å². The molecule has 6 heteroatoms. The molecule has 0 aromatic heterocycles. The number of morpholine rings is 1. The van der Waals surface area contributed by atoms with Crippen molar-refractivity contribution in [2.75, 3.05) is 32.8 Å². The van der Waals surface area contributed by atoms with E-state index in [1.54, 1.807) is 0 Å². The van der Waals surface area contributed by atoms with Crippen molar-refractivity contribution in [1.82, 2.24) is 4.90 Å². The molecule has 0 atom stereocenters. The first kappa shape index (κ1) is 14.1. The Labute approximate surface area is 105 Å². The maximum Gasteiger partial charge on any atom is 0.391 e. The van der Waals surface area contributed by atoms with Gasteiger partial charge in [0.2, 0.25) is 0 Å². The zero-order valence-electron chi connectivity index (χ0n) is 10.5. The van der Waals surface area contributed by atoms with E-state index in [1.807, 2.05) is 0 Å². The van der Waals surface area contributed by atoms with E-state index < -0.39 is 12.1 Å². The monoisotopic (exact) mass is 266 g/mol. The lowest BCUT2D eigenvalue weighted by atomic mass is 9.75. The van der Waals surface area contributed by atoms with Crippen molar-refractivity contribution >= 4 is 0 Å². The third-order valence-corrected chi connectivity index (χ3v) is 4.44. The van der Waals surface area contributed by atoms with E-state index in [-0.39, 0.29) is 18.4 Å². The molecule has 18 heavy (non-hydrogen) atoms. The normalized spacial score (nSPS) is 35.7. The predicted molar refractivity (Wildman–Crippen MR) is 62.2 cm³/mol. The fourth-order valence-corrected chi connectivity index (χ4v) is 3.17. The highest BCUT2D eigenvalue weighted by molar-refractivity contribution is 4.97. The van der Waals surface area contributed by atoms with Crippen LogP contribution in [-0.4, -0.2) is 49.5 Å². The Balaban J connectivity index is 1.99. The maximum atomic E-state index is 12.7. The first-order valence-electron chi connectivity index (χ1n) is 6.57. The molecule has 2 N–H and O–H groups in total. The zero-order chi connectivity index (χ0) is 13.2. The fraction of sp³-hybridized carbons (Fsp3) is 1.00. The van der Waals surface area contributed by atoms with E-state index in [2.05, 4.69) is 4.90 Å². The summed E-state index contributed by atoms with van der Waals surface area (Å²) in [4.78, 5) is 2.24. The number of hydrogen-bond donors (Lipinski definition) is 1. The van der Waals surface area contributed by atoms with Crippen molar-refractivity contribution in [3.63, 3.8) is 0 Å². The molecule has 0 aromatic rings. The molecule has 0 spiro atoms. The third-order valence-electron chi connectivity index (χ3n) is 4.44. The van der Waals surface area contributed by atoms with Crippen molar-refractivity contribution in [1.29, 1.82) is 0 Å². The SMILES string of the molecule is NCC1(N2CCOCC2)CCC(C(F)(F)F)CC1. The van der Waals surface area contributed by atoms with Crippen molar-refractivity contribution < 1.29 is 17.9 Å². The third kappa shape index (κ3) is 2.81. The summed E-state index contributed by atoms with van der Waals surface area (Å²) in [7, 11) is 0. The molecule has 2 fully saturated rings. The number of hydrogen-bond acceptors (Lipinski definition) is 3. The van der Waals surface area contributed by atoms with Crippen molar-refractivity contribution in [2.45, 2.75) is 37.4 Å². The van der Waals surface area contributed by atoms with Gasteiger partial charge in [-0.15, -0.1) is 0 Å². The Hall–Kier alpha value is -0.330. The highest BCUT2D eigenvalue weighted by Crippen LogP contribution is 2.43. The van der Waals surface area contributed by atoms with Gasteiger partial charge in [-0.05, 0) is 25.7 Å². The molecule has 2 aliphatic rings. The Bertz CT molecular complexity index is 269. The Kier molecular flexibility index (Phi) is 4.18. The molecule has 1 aliphatic heterocycles. The van der Waals surface area contributed by atoms with Crippen LogP contribution in [0, 0.1) is 5.92 Å². The number of halogens is 3. The molecular weight excluding hydrogens is 245 g/mol. The van der Waals surface area contributed by atoms with Crippen LogP contribution in [0.15, 0.2) is 0 Å². The van der Waals surface area contributed by atoms with Gasteiger partial charge in [-0.3, -0.25) is 4.90 Å². The minimum absolute atomic E-state index is 0.206.